The number of benzene rings is 1. The summed E-state index contributed by atoms with van der Waals surface area (Å²) >= 11 is 0. The van der Waals surface area contributed by atoms with E-state index in [-0.39, 0.29) is 5.41 Å². The van der Waals surface area contributed by atoms with Gasteiger partial charge in [-0.1, -0.05) is 6.07 Å². The number of hydrogen-bond acceptors (Lipinski definition) is 3. The van der Waals surface area contributed by atoms with Crippen LogP contribution in [0.15, 0.2) is 23.1 Å². The van der Waals surface area contributed by atoms with Gasteiger partial charge in [0.25, 0.3) is 0 Å². The lowest BCUT2D eigenvalue weighted by Crippen LogP contribution is -2.39. The molecule has 116 valence electrons. The zero-order valence-electron chi connectivity index (χ0n) is 12.9. The highest BCUT2D eigenvalue weighted by Gasteiger charge is 2.43. The minimum Gasteiger partial charge on any atom is -0.317 e. The van der Waals surface area contributed by atoms with E-state index in [1.54, 1.807) is 16.4 Å². The fourth-order valence-electron chi connectivity index (χ4n) is 3.49. The lowest BCUT2D eigenvalue weighted by molar-refractivity contribution is 0.218. The van der Waals surface area contributed by atoms with Crippen LogP contribution in [-0.2, 0) is 10.0 Å². The second-order valence-electron chi connectivity index (χ2n) is 6.58. The van der Waals surface area contributed by atoms with Crippen LogP contribution < -0.4 is 5.32 Å². The minimum atomic E-state index is -3.34. The first-order chi connectivity index (χ1) is 9.93. The smallest absolute Gasteiger partial charge is 0.243 e. The van der Waals surface area contributed by atoms with Crippen molar-refractivity contribution in [2.45, 2.75) is 38.0 Å². The average Bonchev–Trinajstić information content (AvgIpc) is 2.87. The van der Waals surface area contributed by atoms with Crippen molar-refractivity contribution >= 4 is 10.0 Å². The molecule has 1 aromatic carbocycles. The molecule has 1 aromatic rings. The summed E-state index contributed by atoms with van der Waals surface area (Å²) in [6, 6.07) is 5.45. The SMILES string of the molecule is Cc1ccc(S(=O)(=O)N2CCC3(CCNCC3)C2)cc1C. The van der Waals surface area contributed by atoms with Gasteiger partial charge in [0.2, 0.25) is 10.0 Å². The maximum absolute atomic E-state index is 12.8. The number of sulfonamides is 1. The maximum Gasteiger partial charge on any atom is 0.243 e. The zero-order chi connectivity index (χ0) is 15.1. The Morgan fingerprint density at radius 1 is 1.10 bits per heavy atom. The molecule has 1 spiro atoms. The molecule has 21 heavy (non-hydrogen) atoms. The predicted octanol–water partition coefficient (Wildman–Crippen LogP) is 2.07. The zero-order valence-corrected chi connectivity index (χ0v) is 13.7. The lowest BCUT2D eigenvalue weighted by Gasteiger charge is -2.33. The van der Waals surface area contributed by atoms with E-state index >= 15 is 0 Å². The number of piperidine rings is 1. The summed E-state index contributed by atoms with van der Waals surface area (Å²) in [7, 11) is -3.34. The van der Waals surface area contributed by atoms with Crippen LogP contribution >= 0.6 is 0 Å². The van der Waals surface area contributed by atoms with Gasteiger partial charge < -0.3 is 5.32 Å². The number of hydrogen-bond donors (Lipinski definition) is 1. The molecule has 2 saturated heterocycles. The summed E-state index contributed by atoms with van der Waals surface area (Å²) in [4.78, 5) is 0.441. The van der Waals surface area contributed by atoms with Crippen LogP contribution in [0.2, 0.25) is 0 Å². The quantitative estimate of drug-likeness (QED) is 0.910. The Morgan fingerprint density at radius 2 is 1.81 bits per heavy atom. The molecular formula is C16H24N2O2S. The molecule has 2 fully saturated rings. The predicted molar refractivity (Wildman–Crippen MR) is 83.8 cm³/mol. The molecule has 0 unspecified atom stereocenters. The standard InChI is InChI=1S/C16H24N2O2S/c1-13-3-4-15(11-14(13)2)21(19,20)18-10-7-16(12-18)5-8-17-9-6-16/h3-4,11,17H,5-10,12H2,1-2H3. The van der Waals surface area contributed by atoms with E-state index in [1.807, 2.05) is 19.9 Å². The van der Waals surface area contributed by atoms with Crippen LogP contribution in [0, 0.1) is 19.3 Å². The molecule has 0 bridgehead atoms. The molecule has 2 aliphatic heterocycles. The monoisotopic (exact) mass is 308 g/mol. The number of aryl methyl sites for hydroxylation is 2. The van der Waals surface area contributed by atoms with Gasteiger partial charge in [0, 0.05) is 13.1 Å². The molecule has 5 heteroatoms. The third-order valence-corrected chi connectivity index (χ3v) is 7.02. The fraction of sp³-hybridized carbons (Fsp3) is 0.625. The molecule has 0 aliphatic carbocycles. The van der Waals surface area contributed by atoms with Crippen molar-refractivity contribution in [1.82, 2.24) is 9.62 Å². The van der Waals surface area contributed by atoms with Crippen LogP contribution in [0.3, 0.4) is 0 Å². The Morgan fingerprint density at radius 3 is 2.48 bits per heavy atom. The summed E-state index contributed by atoms with van der Waals surface area (Å²) in [5.74, 6) is 0. The molecule has 0 radical (unpaired) electrons. The Balaban J connectivity index is 1.84. The molecule has 0 amide bonds. The van der Waals surface area contributed by atoms with Crippen molar-refractivity contribution < 1.29 is 8.42 Å². The van der Waals surface area contributed by atoms with Crippen molar-refractivity contribution in [2.75, 3.05) is 26.2 Å². The average molecular weight is 308 g/mol. The van der Waals surface area contributed by atoms with Crippen LogP contribution in [0.25, 0.3) is 0 Å². The first-order valence-electron chi connectivity index (χ1n) is 7.71. The molecule has 0 atom stereocenters. The number of nitrogens with zero attached hydrogens (tertiary/aromatic N) is 1. The highest BCUT2D eigenvalue weighted by atomic mass is 32.2. The Kier molecular flexibility index (Phi) is 3.84. The van der Waals surface area contributed by atoms with Gasteiger partial charge in [0.1, 0.15) is 0 Å². The molecule has 2 heterocycles. The molecular weight excluding hydrogens is 284 g/mol. The van der Waals surface area contributed by atoms with E-state index in [1.165, 1.54) is 0 Å². The largest absolute Gasteiger partial charge is 0.317 e. The van der Waals surface area contributed by atoms with E-state index < -0.39 is 10.0 Å². The van der Waals surface area contributed by atoms with Crippen molar-refractivity contribution in [3.8, 4) is 0 Å². The third-order valence-electron chi connectivity index (χ3n) is 5.18. The van der Waals surface area contributed by atoms with Crippen molar-refractivity contribution in [3.63, 3.8) is 0 Å². The fourth-order valence-corrected chi connectivity index (χ4v) is 5.13. The van der Waals surface area contributed by atoms with Gasteiger partial charge in [-0.15, -0.1) is 0 Å². The lowest BCUT2D eigenvalue weighted by atomic mass is 9.78. The van der Waals surface area contributed by atoms with Crippen LogP contribution in [0.5, 0.6) is 0 Å². The summed E-state index contributed by atoms with van der Waals surface area (Å²) < 4.78 is 27.4. The molecule has 1 N–H and O–H groups in total. The topological polar surface area (TPSA) is 49.4 Å². The van der Waals surface area contributed by atoms with Gasteiger partial charge in [0.05, 0.1) is 4.90 Å². The number of nitrogens with one attached hydrogen (secondary N) is 1. The van der Waals surface area contributed by atoms with E-state index in [4.69, 9.17) is 0 Å². The van der Waals surface area contributed by atoms with E-state index in [0.29, 0.717) is 18.0 Å². The van der Waals surface area contributed by atoms with Crippen molar-refractivity contribution in [1.29, 1.82) is 0 Å². The Bertz CT molecular complexity index is 634. The minimum absolute atomic E-state index is 0.206. The van der Waals surface area contributed by atoms with Gasteiger partial charge in [-0.25, -0.2) is 8.42 Å². The van der Waals surface area contributed by atoms with E-state index in [0.717, 1.165) is 43.5 Å². The summed E-state index contributed by atoms with van der Waals surface area (Å²) in [5.41, 5.74) is 2.37. The Hall–Kier alpha value is -0.910. The molecule has 0 aromatic heterocycles. The van der Waals surface area contributed by atoms with Gasteiger partial charge in [0.15, 0.2) is 0 Å². The molecule has 0 saturated carbocycles. The van der Waals surface area contributed by atoms with E-state index in [2.05, 4.69) is 5.32 Å². The van der Waals surface area contributed by atoms with Crippen LogP contribution in [-0.4, -0.2) is 38.9 Å². The normalized spacial score (nSPS) is 22.8. The molecule has 2 aliphatic rings. The third kappa shape index (κ3) is 2.74. The van der Waals surface area contributed by atoms with Crippen LogP contribution in [0.1, 0.15) is 30.4 Å². The number of rotatable bonds is 2. The Labute approximate surface area is 127 Å². The first kappa shape index (κ1) is 15.0. The van der Waals surface area contributed by atoms with Crippen molar-refractivity contribution in [2.24, 2.45) is 5.41 Å². The van der Waals surface area contributed by atoms with Crippen LogP contribution in [0.4, 0.5) is 0 Å². The second-order valence-corrected chi connectivity index (χ2v) is 8.52. The summed E-state index contributed by atoms with van der Waals surface area (Å²) in [6.07, 6.45) is 3.18. The van der Waals surface area contributed by atoms with Gasteiger partial charge in [-0.3, -0.25) is 0 Å². The maximum atomic E-state index is 12.8. The molecule has 3 rings (SSSR count). The highest BCUT2D eigenvalue weighted by molar-refractivity contribution is 7.89. The first-order valence-corrected chi connectivity index (χ1v) is 9.15. The summed E-state index contributed by atoms with van der Waals surface area (Å²) in [5, 5.41) is 3.37. The highest BCUT2D eigenvalue weighted by Crippen LogP contribution is 2.40. The van der Waals surface area contributed by atoms with E-state index in [9.17, 15) is 8.42 Å². The molecule has 4 nitrogen and oxygen atoms in total. The summed E-state index contributed by atoms with van der Waals surface area (Å²) in [6.45, 7) is 7.34. The van der Waals surface area contributed by atoms with Gasteiger partial charge in [-0.05, 0) is 74.9 Å². The van der Waals surface area contributed by atoms with Gasteiger partial charge in [-0.2, -0.15) is 4.31 Å². The van der Waals surface area contributed by atoms with Crippen molar-refractivity contribution in [3.05, 3.63) is 29.3 Å². The van der Waals surface area contributed by atoms with Gasteiger partial charge >= 0.3 is 0 Å². The second kappa shape index (κ2) is 5.38.